The lowest BCUT2D eigenvalue weighted by Crippen LogP contribution is -2.41. The molecule has 1 heterocycles. The van der Waals surface area contributed by atoms with Gasteiger partial charge in [-0.25, -0.2) is 4.79 Å². The molecule has 6 heteroatoms. The minimum atomic E-state index is -4.53. The van der Waals surface area contributed by atoms with E-state index in [0.717, 1.165) is 0 Å². The number of carbonyl (C=O) groups excluding carboxylic acids is 1. The van der Waals surface area contributed by atoms with Crippen LogP contribution in [0.15, 0.2) is 24.5 Å². The molecule has 1 saturated heterocycles. The summed E-state index contributed by atoms with van der Waals surface area (Å²) >= 11 is 0. The standard InChI is InChI=1S/C13H15F3O3/c1-7-5-9-6-10(18-8(2)13(14,15)16)3-4-11(9)19-12(7)17/h9-11H,1-6H2. The van der Waals surface area contributed by atoms with Crippen LogP contribution < -0.4 is 0 Å². The van der Waals surface area contributed by atoms with E-state index in [-0.39, 0.29) is 12.0 Å². The Kier molecular flexibility index (Phi) is 3.60. The summed E-state index contributed by atoms with van der Waals surface area (Å²) < 4.78 is 47.1. The van der Waals surface area contributed by atoms with E-state index in [2.05, 4.69) is 13.2 Å². The Balaban J connectivity index is 1.93. The summed E-state index contributed by atoms with van der Waals surface area (Å²) in [6.45, 7) is 6.50. The van der Waals surface area contributed by atoms with Crippen LogP contribution in [-0.2, 0) is 14.3 Å². The summed E-state index contributed by atoms with van der Waals surface area (Å²) in [6, 6.07) is 0. The smallest absolute Gasteiger partial charge is 0.448 e. The first-order valence-corrected chi connectivity index (χ1v) is 6.09. The molecule has 2 aliphatic rings. The molecule has 0 spiro atoms. The zero-order valence-electron chi connectivity index (χ0n) is 10.3. The van der Waals surface area contributed by atoms with Crippen LogP contribution in [0.3, 0.4) is 0 Å². The van der Waals surface area contributed by atoms with Crippen LogP contribution in [-0.4, -0.2) is 24.4 Å². The summed E-state index contributed by atoms with van der Waals surface area (Å²) in [4.78, 5) is 11.3. The van der Waals surface area contributed by atoms with Crippen LogP contribution in [0.25, 0.3) is 0 Å². The normalized spacial score (nSPS) is 31.4. The molecule has 3 nitrogen and oxygen atoms in total. The molecular formula is C13H15F3O3. The third kappa shape index (κ3) is 3.11. The minimum Gasteiger partial charge on any atom is -0.486 e. The van der Waals surface area contributed by atoms with E-state index < -0.39 is 24.0 Å². The van der Waals surface area contributed by atoms with Gasteiger partial charge in [0, 0.05) is 11.5 Å². The Labute approximate surface area is 109 Å². The van der Waals surface area contributed by atoms with Crippen molar-refractivity contribution in [2.24, 2.45) is 5.92 Å². The van der Waals surface area contributed by atoms with E-state index in [1.807, 2.05) is 0 Å². The zero-order valence-corrected chi connectivity index (χ0v) is 10.3. The number of alkyl halides is 3. The fraction of sp³-hybridized carbons (Fsp3) is 0.615. The molecule has 0 aromatic carbocycles. The van der Waals surface area contributed by atoms with Gasteiger partial charge < -0.3 is 9.47 Å². The highest BCUT2D eigenvalue weighted by Crippen LogP contribution is 2.38. The second kappa shape index (κ2) is 4.90. The molecule has 1 aliphatic heterocycles. The van der Waals surface area contributed by atoms with Gasteiger partial charge in [0.05, 0.1) is 6.10 Å². The molecule has 3 atom stereocenters. The predicted molar refractivity (Wildman–Crippen MR) is 61.0 cm³/mol. The van der Waals surface area contributed by atoms with Crippen molar-refractivity contribution in [3.8, 4) is 0 Å². The van der Waals surface area contributed by atoms with E-state index in [4.69, 9.17) is 9.47 Å². The Morgan fingerprint density at radius 1 is 1.37 bits per heavy atom. The molecule has 3 unspecified atom stereocenters. The molecule has 106 valence electrons. The van der Waals surface area contributed by atoms with Crippen LogP contribution in [0.1, 0.15) is 25.7 Å². The molecule has 0 radical (unpaired) electrons. The van der Waals surface area contributed by atoms with Gasteiger partial charge in [0.25, 0.3) is 0 Å². The second-order valence-corrected chi connectivity index (χ2v) is 4.99. The van der Waals surface area contributed by atoms with E-state index in [1.54, 1.807) is 0 Å². The molecule has 19 heavy (non-hydrogen) atoms. The van der Waals surface area contributed by atoms with Crippen molar-refractivity contribution in [1.82, 2.24) is 0 Å². The second-order valence-electron chi connectivity index (χ2n) is 4.99. The molecule has 0 aromatic rings. The summed E-state index contributed by atoms with van der Waals surface area (Å²) in [6.07, 6.45) is -3.46. The molecule has 0 bridgehead atoms. The van der Waals surface area contributed by atoms with Crippen LogP contribution in [0.4, 0.5) is 13.2 Å². The SMILES string of the molecule is C=C1CC2CC(OC(=C)C(F)(F)F)CCC2OC1=O. The van der Waals surface area contributed by atoms with Gasteiger partial charge in [-0.3, -0.25) is 0 Å². The highest BCUT2D eigenvalue weighted by atomic mass is 19.4. The molecular weight excluding hydrogens is 261 g/mol. The lowest BCUT2D eigenvalue weighted by Gasteiger charge is -2.39. The van der Waals surface area contributed by atoms with Crippen LogP contribution in [0.2, 0.25) is 0 Å². The van der Waals surface area contributed by atoms with Crippen LogP contribution >= 0.6 is 0 Å². The first-order chi connectivity index (χ1) is 8.77. The number of rotatable bonds is 2. The fourth-order valence-electron chi connectivity index (χ4n) is 2.56. The van der Waals surface area contributed by atoms with Gasteiger partial charge in [-0.1, -0.05) is 13.2 Å². The lowest BCUT2D eigenvalue weighted by molar-refractivity contribution is -0.162. The molecule has 2 rings (SSSR count). The zero-order chi connectivity index (χ0) is 14.2. The Morgan fingerprint density at radius 3 is 2.68 bits per heavy atom. The number of carbonyl (C=O) groups is 1. The van der Waals surface area contributed by atoms with Crippen LogP contribution in [0, 0.1) is 5.92 Å². The van der Waals surface area contributed by atoms with Crippen molar-refractivity contribution in [2.45, 2.75) is 44.1 Å². The van der Waals surface area contributed by atoms with Gasteiger partial charge in [0.15, 0.2) is 5.76 Å². The maximum Gasteiger partial charge on any atom is 0.448 e. The van der Waals surface area contributed by atoms with Gasteiger partial charge in [-0.05, 0) is 25.7 Å². The van der Waals surface area contributed by atoms with Crippen molar-refractivity contribution in [3.63, 3.8) is 0 Å². The first kappa shape index (κ1) is 14.0. The Hall–Kier alpha value is -1.46. The Morgan fingerprint density at radius 2 is 2.05 bits per heavy atom. The molecule has 2 fully saturated rings. The average molecular weight is 276 g/mol. The summed E-state index contributed by atoms with van der Waals surface area (Å²) in [5, 5.41) is 0. The molecule has 0 N–H and O–H groups in total. The average Bonchev–Trinajstić information content (AvgIpc) is 2.29. The number of esters is 1. The highest BCUT2D eigenvalue weighted by molar-refractivity contribution is 5.88. The number of ether oxygens (including phenoxy) is 2. The van der Waals surface area contributed by atoms with E-state index >= 15 is 0 Å². The summed E-state index contributed by atoms with van der Waals surface area (Å²) in [5.41, 5.74) is 0.372. The van der Waals surface area contributed by atoms with Gasteiger partial charge in [0.1, 0.15) is 6.10 Å². The van der Waals surface area contributed by atoms with Gasteiger partial charge in [-0.15, -0.1) is 0 Å². The Bertz CT molecular complexity index is 414. The van der Waals surface area contributed by atoms with Crippen molar-refractivity contribution in [1.29, 1.82) is 0 Å². The molecule has 1 saturated carbocycles. The maximum atomic E-state index is 12.3. The number of hydrogen-bond donors (Lipinski definition) is 0. The van der Waals surface area contributed by atoms with Gasteiger partial charge in [0.2, 0.25) is 0 Å². The van der Waals surface area contributed by atoms with Crippen LogP contribution in [0.5, 0.6) is 0 Å². The van der Waals surface area contributed by atoms with Crippen molar-refractivity contribution in [2.75, 3.05) is 0 Å². The van der Waals surface area contributed by atoms with Gasteiger partial charge >= 0.3 is 12.1 Å². The summed E-state index contributed by atoms with van der Waals surface area (Å²) in [7, 11) is 0. The summed E-state index contributed by atoms with van der Waals surface area (Å²) in [5.74, 6) is -1.58. The van der Waals surface area contributed by atoms with E-state index in [0.29, 0.717) is 31.3 Å². The lowest BCUT2D eigenvalue weighted by atomic mass is 9.79. The predicted octanol–water partition coefficient (Wildman–Crippen LogP) is 3.12. The number of hydrogen-bond acceptors (Lipinski definition) is 3. The minimum absolute atomic E-state index is 0.00927. The fourth-order valence-corrected chi connectivity index (χ4v) is 2.56. The third-order valence-electron chi connectivity index (χ3n) is 3.55. The van der Waals surface area contributed by atoms with E-state index in [1.165, 1.54) is 0 Å². The number of fused-ring (bicyclic) bond motifs is 1. The largest absolute Gasteiger partial charge is 0.486 e. The van der Waals surface area contributed by atoms with Crippen molar-refractivity contribution < 1.29 is 27.4 Å². The van der Waals surface area contributed by atoms with Crippen molar-refractivity contribution in [3.05, 3.63) is 24.5 Å². The number of halogens is 3. The monoisotopic (exact) mass is 276 g/mol. The van der Waals surface area contributed by atoms with Crippen molar-refractivity contribution >= 4 is 5.97 Å². The number of allylic oxidation sites excluding steroid dienone is 1. The molecule has 0 aromatic heterocycles. The molecule has 0 amide bonds. The van der Waals surface area contributed by atoms with Gasteiger partial charge in [-0.2, -0.15) is 13.2 Å². The third-order valence-corrected chi connectivity index (χ3v) is 3.55. The molecule has 1 aliphatic carbocycles. The highest BCUT2D eigenvalue weighted by Gasteiger charge is 2.41. The quantitative estimate of drug-likeness (QED) is 0.441. The van der Waals surface area contributed by atoms with E-state index in [9.17, 15) is 18.0 Å². The topological polar surface area (TPSA) is 35.5 Å². The maximum absolute atomic E-state index is 12.3. The first-order valence-electron chi connectivity index (χ1n) is 6.09.